The summed E-state index contributed by atoms with van der Waals surface area (Å²) in [6, 6.07) is 9.75. The zero-order chi connectivity index (χ0) is 13.2. The van der Waals surface area contributed by atoms with Gasteiger partial charge in [-0.1, -0.05) is 6.07 Å². The molecule has 3 heteroatoms. The van der Waals surface area contributed by atoms with Gasteiger partial charge in [-0.15, -0.1) is 0 Å². The molecule has 1 aliphatic heterocycles. The predicted molar refractivity (Wildman–Crippen MR) is 74.4 cm³/mol. The third-order valence-corrected chi connectivity index (χ3v) is 3.65. The van der Waals surface area contributed by atoms with Gasteiger partial charge in [-0.05, 0) is 43.5 Å². The van der Waals surface area contributed by atoms with Crippen LogP contribution in [-0.4, -0.2) is 24.0 Å². The second kappa shape index (κ2) is 5.10. The minimum atomic E-state index is 0.206. The monoisotopic (exact) mass is 255 g/mol. The fourth-order valence-corrected chi connectivity index (χ4v) is 2.53. The van der Waals surface area contributed by atoms with Crippen LogP contribution in [0.2, 0.25) is 0 Å². The van der Waals surface area contributed by atoms with Crippen LogP contribution in [0.1, 0.15) is 28.9 Å². The van der Waals surface area contributed by atoms with Crippen LogP contribution in [0.15, 0.2) is 30.3 Å². The van der Waals surface area contributed by atoms with E-state index in [-0.39, 0.29) is 5.78 Å². The molecular formula is C16H17NO2. The summed E-state index contributed by atoms with van der Waals surface area (Å²) in [5.41, 5.74) is 2.72. The number of aromatic nitrogens is 1. The van der Waals surface area contributed by atoms with Gasteiger partial charge >= 0.3 is 0 Å². The molecule has 2 aromatic rings. The Morgan fingerprint density at radius 2 is 2.26 bits per heavy atom. The highest BCUT2D eigenvalue weighted by Gasteiger charge is 2.20. The molecule has 1 aromatic carbocycles. The third-order valence-electron chi connectivity index (χ3n) is 3.65. The summed E-state index contributed by atoms with van der Waals surface area (Å²) >= 11 is 0. The molecule has 0 bridgehead atoms. The lowest BCUT2D eigenvalue weighted by atomic mass is 9.97. The van der Waals surface area contributed by atoms with Gasteiger partial charge in [0.15, 0.2) is 5.78 Å². The molecule has 0 radical (unpaired) electrons. The highest BCUT2D eigenvalue weighted by Crippen LogP contribution is 2.21. The van der Waals surface area contributed by atoms with Crippen LogP contribution < -0.4 is 0 Å². The number of hydrogen-bond donors (Lipinski definition) is 0. The van der Waals surface area contributed by atoms with Crippen molar-refractivity contribution in [1.82, 2.24) is 4.98 Å². The Hall–Kier alpha value is -1.74. The number of rotatable bonds is 3. The molecule has 3 rings (SSSR count). The summed E-state index contributed by atoms with van der Waals surface area (Å²) in [6.45, 7) is 3.48. The van der Waals surface area contributed by atoms with Crippen molar-refractivity contribution >= 4 is 16.7 Å². The van der Waals surface area contributed by atoms with E-state index in [4.69, 9.17) is 4.74 Å². The number of carbonyl (C=O) groups excluding carboxylic acids is 1. The molecule has 0 saturated carbocycles. The van der Waals surface area contributed by atoms with Crippen molar-refractivity contribution in [3.63, 3.8) is 0 Å². The Labute approximate surface area is 112 Å². The normalized spacial score (nSPS) is 18.9. The maximum absolute atomic E-state index is 12.2. The minimum absolute atomic E-state index is 0.206. The molecule has 1 aromatic heterocycles. The van der Waals surface area contributed by atoms with E-state index in [1.165, 1.54) is 0 Å². The number of nitrogens with zero attached hydrogens (tertiary/aromatic N) is 1. The van der Waals surface area contributed by atoms with E-state index >= 15 is 0 Å². The minimum Gasteiger partial charge on any atom is -0.381 e. The maximum Gasteiger partial charge on any atom is 0.163 e. The third kappa shape index (κ3) is 2.66. The summed E-state index contributed by atoms with van der Waals surface area (Å²) in [6.07, 6.45) is 1.59. The summed E-state index contributed by atoms with van der Waals surface area (Å²) in [4.78, 5) is 16.7. The number of pyridine rings is 1. The topological polar surface area (TPSA) is 39.2 Å². The molecule has 0 amide bonds. The van der Waals surface area contributed by atoms with Crippen LogP contribution in [-0.2, 0) is 4.74 Å². The summed E-state index contributed by atoms with van der Waals surface area (Å²) in [5, 5.41) is 1.03. The number of aryl methyl sites for hydroxylation is 1. The Morgan fingerprint density at radius 1 is 1.37 bits per heavy atom. The molecule has 0 spiro atoms. The van der Waals surface area contributed by atoms with E-state index in [2.05, 4.69) is 4.98 Å². The number of carbonyl (C=O) groups is 1. The van der Waals surface area contributed by atoms with E-state index in [1.54, 1.807) is 0 Å². The molecule has 2 heterocycles. The van der Waals surface area contributed by atoms with Crippen LogP contribution >= 0.6 is 0 Å². The quantitative estimate of drug-likeness (QED) is 0.791. The van der Waals surface area contributed by atoms with Gasteiger partial charge in [0, 0.05) is 36.3 Å². The number of hydrogen-bond acceptors (Lipinski definition) is 3. The first kappa shape index (κ1) is 12.3. The predicted octanol–water partition coefficient (Wildman–Crippen LogP) is 3.15. The van der Waals surface area contributed by atoms with Gasteiger partial charge in [0.1, 0.15) is 0 Å². The first-order valence-corrected chi connectivity index (χ1v) is 6.71. The maximum atomic E-state index is 12.2. The average Bonchev–Trinajstić information content (AvgIpc) is 2.91. The van der Waals surface area contributed by atoms with Gasteiger partial charge < -0.3 is 4.74 Å². The van der Waals surface area contributed by atoms with Crippen LogP contribution in [0.5, 0.6) is 0 Å². The lowest BCUT2D eigenvalue weighted by Crippen LogP contribution is -2.08. The van der Waals surface area contributed by atoms with E-state index in [9.17, 15) is 4.79 Å². The van der Waals surface area contributed by atoms with E-state index in [1.807, 2.05) is 37.3 Å². The van der Waals surface area contributed by atoms with Crippen molar-refractivity contribution in [2.75, 3.05) is 13.2 Å². The fraction of sp³-hybridized carbons (Fsp3) is 0.375. The summed E-state index contributed by atoms with van der Waals surface area (Å²) in [5.74, 6) is 0.595. The molecule has 1 atom stereocenters. The van der Waals surface area contributed by atoms with E-state index in [0.717, 1.165) is 41.8 Å². The highest BCUT2D eigenvalue weighted by molar-refractivity contribution is 5.99. The van der Waals surface area contributed by atoms with E-state index in [0.29, 0.717) is 12.3 Å². The first-order valence-electron chi connectivity index (χ1n) is 6.71. The Bertz CT molecular complexity index is 615. The van der Waals surface area contributed by atoms with Crippen LogP contribution in [0.4, 0.5) is 0 Å². The molecule has 1 fully saturated rings. The Morgan fingerprint density at radius 3 is 3.05 bits per heavy atom. The molecule has 0 N–H and O–H groups in total. The zero-order valence-electron chi connectivity index (χ0n) is 11.1. The molecular weight excluding hydrogens is 238 g/mol. The summed E-state index contributed by atoms with van der Waals surface area (Å²) in [7, 11) is 0. The van der Waals surface area contributed by atoms with Crippen molar-refractivity contribution < 1.29 is 9.53 Å². The number of benzene rings is 1. The smallest absolute Gasteiger partial charge is 0.163 e. The lowest BCUT2D eigenvalue weighted by molar-refractivity contribution is 0.0953. The lowest BCUT2D eigenvalue weighted by Gasteiger charge is -2.07. The second-order valence-corrected chi connectivity index (χ2v) is 5.22. The number of fused-ring (bicyclic) bond motifs is 1. The molecule has 19 heavy (non-hydrogen) atoms. The Balaban J connectivity index is 1.83. The first-order chi connectivity index (χ1) is 9.22. The molecule has 1 aliphatic rings. The molecule has 1 unspecified atom stereocenters. The van der Waals surface area contributed by atoms with Gasteiger partial charge in [0.05, 0.1) is 5.52 Å². The summed E-state index contributed by atoms with van der Waals surface area (Å²) < 4.78 is 5.32. The zero-order valence-corrected chi connectivity index (χ0v) is 11.1. The number of ketones is 1. The average molecular weight is 255 g/mol. The van der Waals surface area contributed by atoms with Crippen LogP contribution in [0.25, 0.3) is 10.9 Å². The molecule has 3 nitrogen and oxygen atoms in total. The van der Waals surface area contributed by atoms with Crippen molar-refractivity contribution in [3.05, 3.63) is 41.6 Å². The van der Waals surface area contributed by atoms with Gasteiger partial charge in [-0.3, -0.25) is 9.78 Å². The van der Waals surface area contributed by atoms with Gasteiger partial charge in [-0.25, -0.2) is 0 Å². The largest absolute Gasteiger partial charge is 0.381 e. The molecule has 98 valence electrons. The van der Waals surface area contributed by atoms with Gasteiger partial charge in [0.2, 0.25) is 0 Å². The van der Waals surface area contributed by atoms with E-state index < -0.39 is 0 Å². The van der Waals surface area contributed by atoms with Crippen LogP contribution in [0, 0.1) is 12.8 Å². The fourth-order valence-electron chi connectivity index (χ4n) is 2.53. The van der Waals surface area contributed by atoms with Crippen molar-refractivity contribution in [2.24, 2.45) is 5.92 Å². The molecule has 0 aliphatic carbocycles. The van der Waals surface area contributed by atoms with Crippen LogP contribution in [0.3, 0.4) is 0 Å². The van der Waals surface area contributed by atoms with Crippen molar-refractivity contribution in [1.29, 1.82) is 0 Å². The van der Waals surface area contributed by atoms with Crippen molar-refractivity contribution in [2.45, 2.75) is 19.8 Å². The van der Waals surface area contributed by atoms with Gasteiger partial charge in [-0.2, -0.15) is 0 Å². The highest BCUT2D eigenvalue weighted by atomic mass is 16.5. The van der Waals surface area contributed by atoms with Crippen molar-refractivity contribution in [3.8, 4) is 0 Å². The van der Waals surface area contributed by atoms with Gasteiger partial charge in [0.25, 0.3) is 0 Å². The standard InChI is InChI=1S/C16H17NO2/c1-11-2-3-13-9-14(4-5-15(13)17-11)16(18)8-12-6-7-19-10-12/h2-5,9,12H,6-8,10H2,1H3. The Kier molecular flexibility index (Phi) is 3.30. The number of ether oxygens (including phenoxy) is 1. The number of Topliss-reactive ketones (excluding diaryl/α,β-unsaturated/α-hetero) is 1. The molecule has 1 saturated heterocycles. The SMILES string of the molecule is Cc1ccc2cc(C(=O)CC3CCOC3)ccc2n1. The second-order valence-electron chi connectivity index (χ2n) is 5.22.